The van der Waals surface area contributed by atoms with Crippen molar-refractivity contribution in [1.29, 1.82) is 0 Å². The van der Waals surface area contributed by atoms with Gasteiger partial charge in [-0.05, 0) is 44.9 Å². The minimum absolute atomic E-state index is 0.192. The molecule has 2 aliphatic carbocycles. The van der Waals surface area contributed by atoms with Crippen LogP contribution in [0.4, 0.5) is 5.13 Å². The fraction of sp³-hybridized carbons (Fsp3) is 0.800. The Balaban J connectivity index is 1.29. The molecular formula is C15H22N4OS. The summed E-state index contributed by atoms with van der Waals surface area (Å²) in [6.45, 7) is 1.87. The maximum absolute atomic E-state index is 12.2. The smallest absolute Gasteiger partial charge is 0.223 e. The zero-order chi connectivity index (χ0) is 14.2. The van der Waals surface area contributed by atoms with E-state index in [9.17, 15) is 4.79 Å². The van der Waals surface area contributed by atoms with Gasteiger partial charge in [0.05, 0.1) is 0 Å². The zero-order valence-corrected chi connectivity index (χ0v) is 13.1. The number of hydrogen-bond acceptors (Lipinski definition) is 5. The second kappa shape index (κ2) is 5.55. The van der Waals surface area contributed by atoms with Gasteiger partial charge in [0.25, 0.3) is 0 Å². The Morgan fingerprint density at radius 3 is 2.52 bits per heavy atom. The minimum Gasteiger partial charge on any atom is -0.353 e. The van der Waals surface area contributed by atoms with Gasteiger partial charge in [0, 0.05) is 42.5 Å². The summed E-state index contributed by atoms with van der Waals surface area (Å²) >= 11 is 1.52. The third-order valence-electron chi connectivity index (χ3n) is 4.96. The van der Waals surface area contributed by atoms with Crippen molar-refractivity contribution < 1.29 is 4.79 Å². The van der Waals surface area contributed by atoms with Crippen molar-refractivity contribution in [2.75, 3.05) is 18.0 Å². The molecule has 0 unspecified atom stereocenters. The van der Waals surface area contributed by atoms with Gasteiger partial charge in [-0.2, -0.15) is 4.37 Å². The first-order valence-corrected chi connectivity index (χ1v) is 8.96. The first-order chi connectivity index (χ1) is 10.3. The number of nitrogens with zero attached hydrogens (tertiary/aromatic N) is 3. The fourth-order valence-corrected chi connectivity index (χ4v) is 3.86. The number of rotatable bonds is 4. The highest BCUT2D eigenvalue weighted by molar-refractivity contribution is 7.09. The molecule has 3 aliphatic rings. The standard InChI is InChI=1S/C15H22N4OS/c20-14(16-12-2-1-3-12)11-6-8-19(9-7-11)15-17-13(18-21-15)10-4-5-10/h10-12H,1-9H2,(H,16,20). The predicted octanol–water partition coefficient (Wildman–Crippen LogP) is 2.30. The van der Waals surface area contributed by atoms with E-state index in [1.54, 1.807) is 0 Å². The molecule has 3 fully saturated rings. The highest BCUT2D eigenvalue weighted by Gasteiger charge is 2.31. The third kappa shape index (κ3) is 2.91. The van der Waals surface area contributed by atoms with Crippen LogP contribution < -0.4 is 10.2 Å². The highest BCUT2D eigenvalue weighted by atomic mass is 32.1. The lowest BCUT2D eigenvalue weighted by molar-refractivity contribution is -0.126. The van der Waals surface area contributed by atoms with E-state index in [2.05, 4.69) is 19.6 Å². The average molecular weight is 306 g/mol. The average Bonchev–Trinajstić information content (AvgIpc) is 3.20. The maximum atomic E-state index is 12.2. The summed E-state index contributed by atoms with van der Waals surface area (Å²) in [6.07, 6.45) is 7.98. The van der Waals surface area contributed by atoms with Gasteiger partial charge in [0.2, 0.25) is 11.0 Å². The Morgan fingerprint density at radius 1 is 1.14 bits per heavy atom. The molecule has 1 aliphatic heterocycles. The van der Waals surface area contributed by atoms with Gasteiger partial charge in [-0.25, -0.2) is 4.98 Å². The number of amides is 1. The van der Waals surface area contributed by atoms with Crippen LogP contribution in [0.25, 0.3) is 0 Å². The monoisotopic (exact) mass is 306 g/mol. The van der Waals surface area contributed by atoms with E-state index in [1.165, 1.54) is 43.6 Å². The largest absolute Gasteiger partial charge is 0.353 e. The van der Waals surface area contributed by atoms with Gasteiger partial charge in [-0.3, -0.25) is 4.79 Å². The number of anilines is 1. The zero-order valence-electron chi connectivity index (χ0n) is 12.3. The van der Waals surface area contributed by atoms with Crippen molar-refractivity contribution in [3.8, 4) is 0 Å². The van der Waals surface area contributed by atoms with Crippen molar-refractivity contribution in [3.05, 3.63) is 5.82 Å². The topological polar surface area (TPSA) is 58.1 Å². The highest BCUT2D eigenvalue weighted by Crippen LogP contribution is 2.40. The van der Waals surface area contributed by atoms with E-state index in [1.807, 2.05) is 0 Å². The van der Waals surface area contributed by atoms with Crippen molar-refractivity contribution in [1.82, 2.24) is 14.7 Å². The summed E-state index contributed by atoms with van der Waals surface area (Å²) in [6, 6.07) is 0.458. The van der Waals surface area contributed by atoms with Crippen LogP contribution in [0.15, 0.2) is 0 Å². The van der Waals surface area contributed by atoms with Gasteiger partial charge in [0.1, 0.15) is 5.82 Å². The van der Waals surface area contributed by atoms with Gasteiger partial charge >= 0.3 is 0 Å². The molecule has 2 saturated carbocycles. The van der Waals surface area contributed by atoms with Gasteiger partial charge in [-0.1, -0.05) is 0 Å². The molecule has 1 saturated heterocycles. The molecule has 4 rings (SSSR count). The van der Waals surface area contributed by atoms with E-state index in [0.717, 1.165) is 36.9 Å². The molecule has 6 heteroatoms. The van der Waals surface area contributed by atoms with Gasteiger partial charge < -0.3 is 10.2 Å². The SMILES string of the molecule is O=C(NC1CCC1)C1CCN(c2nc(C3CC3)ns2)CC1. The number of carbonyl (C=O) groups is 1. The van der Waals surface area contributed by atoms with Crippen LogP contribution in [0, 0.1) is 5.92 Å². The number of carbonyl (C=O) groups excluding carboxylic acids is 1. The Kier molecular flexibility index (Phi) is 3.57. The summed E-state index contributed by atoms with van der Waals surface area (Å²) in [4.78, 5) is 19.2. The normalized spacial score (nSPS) is 23.9. The lowest BCUT2D eigenvalue weighted by atomic mass is 9.90. The molecule has 1 aromatic rings. The predicted molar refractivity (Wildman–Crippen MR) is 82.6 cm³/mol. The fourth-order valence-electron chi connectivity index (χ4n) is 3.07. The quantitative estimate of drug-likeness (QED) is 0.927. The third-order valence-corrected chi connectivity index (χ3v) is 5.75. The Bertz CT molecular complexity index is 515. The van der Waals surface area contributed by atoms with E-state index in [4.69, 9.17) is 0 Å². The molecule has 0 atom stereocenters. The summed E-state index contributed by atoms with van der Waals surface area (Å²) in [7, 11) is 0. The van der Waals surface area contributed by atoms with E-state index < -0.39 is 0 Å². The Hall–Kier alpha value is -1.17. The lowest BCUT2D eigenvalue weighted by Crippen LogP contribution is -2.46. The first-order valence-electron chi connectivity index (χ1n) is 8.18. The van der Waals surface area contributed by atoms with Crippen molar-refractivity contribution in [3.63, 3.8) is 0 Å². The Morgan fingerprint density at radius 2 is 1.90 bits per heavy atom. The van der Waals surface area contributed by atoms with Crippen LogP contribution in [0.5, 0.6) is 0 Å². The molecule has 114 valence electrons. The lowest BCUT2D eigenvalue weighted by Gasteiger charge is -2.33. The van der Waals surface area contributed by atoms with Gasteiger partial charge in [0.15, 0.2) is 0 Å². The summed E-state index contributed by atoms with van der Waals surface area (Å²) in [5.74, 6) is 2.13. The maximum Gasteiger partial charge on any atom is 0.223 e. The molecule has 0 spiro atoms. The van der Waals surface area contributed by atoms with E-state index >= 15 is 0 Å². The molecule has 0 bridgehead atoms. The summed E-state index contributed by atoms with van der Waals surface area (Å²) < 4.78 is 4.48. The molecule has 0 radical (unpaired) electrons. The van der Waals surface area contributed by atoms with Crippen molar-refractivity contribution >= 4 is 22.6 Å². The number of hydrogen-bond donors (Lipinski definition) is 1. The number of piperidine rings is 1. The summed E-state index contributed by atoms with van der Waals surface area (Å²) in [5, 5.41) is 4.24. The van der Waals surface area contributed by atoms with Crippen LogP contribution in [-0.4, -0.2) is 34.4 Å². The molecule has 21 heavy (non-hydrogen) atoms. The molecule has 0 aromatic carbocycles. The number of nitrogens with one attached hydrogen (secondary N) is 1. The van der Waals surface area contributed by atoms with Crippen LogP contribution >= 0.6 is 11.5 Å². The van der Waals surface area contributed by atoms with Crippen molar-refractivity contribution in [2.45, 2.75) is 56.9 Å². The molecule has 1 aromatic heterocycles. The van der Waals surface area contributed by atoms with Crippen LogP contribution in [0.3, 0.4) is 0 Å². The van der Waals surface area contributed by atoms with Crippen LogP contribution in [-0.2, 0) is 4.79 Å². The number of aromatic nitrogens is 2. The summed E-state index contributed by atoms with van der Waals surface area (Å²) in [5.41, 5.74) is 0. The second-order valence-corrected chi connectivity index (χ2v) is 7.34. The van der Waals surface area contributed by atoms with E-state index in [0.29, 0.717) is 12.0 Å². The molecule has 1 N–H and O–H groups in total. The molecule has 5 nitrogen and oxygen atoms in total. The first kappa shape index (κ1) is 13.5. The van der Waals surface area contributed by atoms with Gasteiger partial charge in [-0.15, -0.1) is 0 Å². The van der Waals surface area contributed by atoms with E-state index in [-0.39, 0.29) is 11.8 Å². The molecule has 1 amide bonds. The van der Waals surface area contributed by atoms with Crippen molar-refractivity contribution in [2.24, 2.45) is 5.92 Å². The van der Waals surface area contributed by atoms with Crippen LogP contribution in [0.2, 0.25) is 0 Å². The second-order valence-electron chi connectivity index (χ2n) is 6.61. The Labute approximate surface area is 129 Å². The van der Waals surface area contributed by atoms with Crippen LogP contribution in [0.1, 0.15) is 56.7 Å². The minimum atomic E-state index is 0.192. The molecule has 2 heterocycles. The molecular weight excluding hydrogens is 284 g/mol.